The van der Waals surface area contributed by atoms with Crippen LogP contribution in [0, 0.1) is 5.92 Å². The molecule has 1 aromatic heterocycles. The molecule has 1 unspecified atom stereocenters. The zero-order valence-electron chi connectivity index (χ0n) is 11.4. The van der Waals surface area contributed by atoms with Crippen LogP contribution in [0.15, 0.2) is 6.20 Å². The minimum atomic E-state index is -1.13. The topological polar surface area (TPSA) is 88.3 Å². The Bertz CT molecular complexity index is 533. The number of carboxylic acid groups (broad SMARTS) is 1. The van der Waals surface area contributed by atoms with Crippen molar-refractivity contribution in [2.24, 2.45) is 5.92 Å². The van der Waals surface area contributed by atoms with Crippen LogP contribution in [0.5, 0.6) is 0 Å². The Balaban J connectivity index is 1.67. The molecule has 7 heteroatoms. The lowest BCUT2D eigenvalue weighted by atomic mass is 10.1. The van der Waals surface area contributed by atoms with E-state index >= 15 is 0 Å². The van der Waals surface area contributed by atoms with Gasteiger partial charge in [0.1, 0.15) is 6.54 Å². The predicted octanol–water partition coefficient (Wildman–Crippen LogP) is 0.766. The van der Waals surface area contributed by atoms with Gasteiger partial charge >= 0.3 is 5.97 Å². The van der Waals surface area contributed by atoms with Crippen LogP contribution >= 0.6 is 0 Å². The standard InChI is InChI=1S/C13H18N4O3/c1-8(9-2-3-9)17(10-4-5-10)12(18)7-16-6-11(13(19)20)14-15-16/h6,8-10H,2-5,7H2,1H3,(H,19,20). The number of carboxylic acids is 1. The van der Waals surface area contributed by atoms with Crippen molar-refractivity contribution in [2.75, 3.05) is 0 Å². The number of aromatic carboxylic acids is 1. The van der Waals surface area contributed by atoms with Crippen LogP contribution < -0.4 is 0 Å². The molecule has 0 bridgehead atoms. The summed E-state index contributed by atoms with van der Waals surface area (Å²) in [5.41, 5.74) is -0.133. The van der Waals surface area contributed by atoms with Crippen molar-refractivity contribution < 1.29 is 14.7 Å². The van der Waals surface area contributed by atoms with Gasteiger partial charge in [-0.05, 0) is 38.5 Å². The Labute approximate surface area is 116 Å². The molecule has 0 aromatic carbocycles. The maximum atomic E-state index is 12.4. The van der Waals surface area contributed by atoms with Gasteiger partial charge in [-0.1, -0.05) is 5.21 Å². The molecule has 2 aliphatic carbocycles. The molecule has 108 valence electrons. The van der Waals surface area contributed by atoms with Gasteiger partial charge in [0.2, 0.25) is 5.91 Å². The maximum absolute atomic E-state index is 12.4. The highest BCUT2D eigenvalue weighted by Gasteiger charge is 2.41. The van der Waals surface area contributed by atoms with Gasteiger partial charge in [-0.3, -0.25) is 4.79 Å². The number of amides is 1. The fraction of sp³-hybridized carbons (Fsp3) is 0.692. The van der Waals surface area contributed by atoms with Crippen molar-refractivity contribution in [3.8, 4) is 0 Å². The van der Waals surface area contributed by atoms with E-state index in [1.165, 1.54) is 23.7 Å². The Morgan fingerprint density at radius 3 is 2.65 bits per heavy atom. The van der Waals surface area contributed by atoms with Gasteiger partial charge in [0.15, 0.2) is 5.69 Å². The third-order valence-corrected chi connectivity index (χ3v) is 4.03. The molecule has 0 radical (unpaired) electrons. The Hall–Kier alpha value is -1.92. The molecule has 0 spiro atoms. The lowest BCUT2D eigenvalue weighted by Crippen LogP contribution is -2.43. The van der Waals surface area contributed by atoms with E-state index in [2.05, 4.69) is 17.2 Å². The Morgan fingerprint density at radius 2 is 2.15 bits per heavy atom. The first kappa shape index (κ1) is 13.1. The van der Waals surface area contributed by atoms with E-state index in [9.17, 15) is 9.59 Å². The lowest BCUT2D eigenvalue weighted by Gasteiger charge is -2.29. The van der Waals surface area contributed by atoms with E-state index in [-0.39, 0.29) is 24.2 Å². The van der Waals surface area contributed by atoms with Crippen LogP contribution in [0.1, 0.15) is 43.1 Å². The molecule has 2 aliphatic rings. The molecule has 1 atom stereocenters. The average molecular weight is 278 g/mol. The van der Waals surface area contributed by atoms with Crippen LogP contribution in [0.3, 0.4) is 0 Å². The number of carbonyl (C=O) groups excluding carboxylic acids is 1. The number of hydrogen-bond acceptors (Lipinski definition) is 4. The van der Waals surface area contributed by atoms with Gasteiger partial charge in [0.25, 0.3) is 0 Å². The second-order valence-corrected chi connectivity index (χ2v) is 5.72. The van der Waals surface area contributed by atoms with Crippen LogP contribution in [0.2, 0.25) is 0 Å². The molecule has 1 N–H and O–H groups in total. The molecular weight excluding hydrogens is 260 g/mol. The van der Waals surface area contributed by atoms with Crippen molar-refractivity contribution >= 4 is 11.9 Å². The van der Waals surface area contributed by atoms with Crippen LogP contribution in [-0.2, 0) is 11.3 Å². The van der Waals surface area contributed by atoms with Gasteiger partial charge in [0.05, 0.1) is 6.20 Å². The fourth-order valence-electron chi connectivity index (χ4n) is 2.62. The summed E-state index contributed by atoms with van der Waals surface area (Å²) < 4.78 is 1.31. The number of rotatable bonds is 6. The number of hydrogen-bond donors (Lipinski definition) is 1. The highest BCUT2D eigenvalue weighted by Crippen LogP contribution is 2.39. The molecule has 1 aromatic rings. The van der Waals surface area contributed by atoms with E-state index in [0.29, 0.717) is 12.0 Å². The first-order chi connectivity index (χ1) is 9.56. The second kappa shape index (κ2) is 4.88. The van der Waals surface area contributed by atoms with E-state index in [1.54, 1.807) is 0 Å². The SMILES string of the molecule is CC(C1CC1)N(C(=O)Cn1cc(C(=O)O)nn1)C1CC1. The summed E-state index contributed by atoms with van der Waals surface area (Å²) in [6, 6.07) is 0.637. The summed E-state index contributed by atoms with van der Waals surface area (Å²) >= 11 is 0. The summed E-state index contributed by atoms with van der Waals surface area (Å²) in [7, 11) is 0. The molecule has 2 saturated carbocycles. The largest absolute Gasteiger partial charge is 0.476 e. The van der Waals surface area contributed by atoms with E-state index in [1.807, 2.05) is 4.90 Å². The van der Waals surface area contributed by atoms with Gasteiger partial charge in [-0.2, -0.15) is 0 Å². The highest BCUT2D eigenvalue weighted by molar-refractivity contribution is 5.84. The van der Waals surface area contributed by atoms with Crippen LogP contribution in [-0.4, -0.2) is 49.0 Å². The molecular formula is C13H18N4O3. The van der Waals surface area contributed by atoms with Gasteiger partial charge in [-0.25, -0.2) is 9.48 Å². The minimum Gasteiger partial charge on any atom is -0.476 e. The summed E-state index contributed by atoms with van der Waals surface area (Å²) in [5.74, 6) is -0.493. The van der Waals surface area contributed by atoms with Crippen molar-refractivity contribution in [2.45, 2.75) is 51.2 Å². The zero-order valence-corrected chi connectivity index (χ0v) is 11.4. The van der Waals surface area contributed by atoms with Gasteiger partial charge in [-0.15, -0.1) is 5.10 Å². The quantitative estimate of drug-likeness (QED) is 0.830. The first-order valence-electron chi connectivity index (χ1n) is 7.01. The van der Waals surface area contributed by atoms with Gasteiger partial charge in [0, 0.05) is 12.1 Å². The molecule has 3 rings (SSSR count). The summed E-state index contributed by atoms with van der Waals surface area (Å²) in [6.45, 7) is 2.17. The Kier molecular flexibility index (Phi) is 3.19. The van der Waals surface area contributed by atoms with Crippen molar-refractivity contribution in [3.63, 3.8) is 0 Å². The lowest BCUT2D eigenvalue weighted by molar-refractivity contribution is -0.135. The monoisotopic (exact) mass is 278 g/mol. The first-order valence-corrected chi connectivity index (χ1v) is 7.01. The molecule has 0 saturated heterocycles. The third-order valence-electron chi connectivity index (χ3n) is 4.03. The molecule has 1 amide bonds. The Morgan fingerprint density at radius 1 is 1.45 bits per heavy atom. The maximum Gasteiger partial charge on any atom is 0.358 e. The zero-order chi connectivity index (χ0) is 14.3. The molecule has 2 fully saturated rings. The summed E-state index contributed by atoms with van der Waals surface area (Å²) in [5, 5.41) is 16.0. The molecule has 7 nitrogen and oxygen atoms in total. The van der Waals surface area contributed by atoms with Crippen LogP contribution in [0.25, 0.3) is 0 Å². The van der Waals surface area contributed by atoms with Crippen molar-refractivity contribution in [1.82, 2.24) is 19.9 Å². The smallest absolute Gasteiger partial charge is 0.358 e. The molecule has 1 heterocycles. The fourth-order valence-corrected chi connectivity index (χ4v) is 2.62. The summed E-state index contributed by atoms with van der Waals surface area (Å²) in [6.07, 6.45) is 5.84. The number of carbonyl (C=O) groups is 2. The predicted molar refractivity (Wildman–Crippen MR) is 69.0 cm³/mol. The summed E-state index contributed by atoms with van der Waals surface area (Å²) in [4.78, 5) is 25.2. The second-order valence-electron chi connectivity index (χ2n) is 5.72. The normalized spacial score (nSPS) is 19.6. The van der Waals surface area contributed by atoms with E-state index in [0.717, 1.165) is 12.8 Å². The molecule has 0 aliphatic heterocycles. The highest BCUT2D eigenvalue weighted by atomic mass is 16.4. The minimum absolute atomic E-state index is 0.00809. The molecule has 20 heavy (non-hydrogen) atoms. The third kappa shape index (κ3) is 2.66. The average Bonchev–Trinajstić information content (AvgIpc) is 3.28. The van der Waals surface area contributed by atoms with Crippen molar-refractivity contribution in [1.29, 1.82) is 0 Å². The number of aromatic nitrogens is 3. The van der Waals surface area contributed by atoms with Crippen molar-refractivity contribution in [3.05, 3.63) is 11.9 Å². The van der Waals surface area contributed by atoms with E-state index < -0.39 is 5.97 Å². The van der Waals surface area contributed by atoms with Gasteiger partial charge < -0.3 is 10.0 Å². The van der Waals surface area contributed by atoms with Crippen LogP contribution in [0.4, 0.5) is 0 Å². The number of nitrogens with zero attached hydrogens (tertiary/aromatic N) is 4. The van der Waals surface area contributed by atoms with E-state index in [4.69, 9.17) is 5.11 Å².